The number of allylic oxidation sites excluding steroid dienone is 1. The first-order chi connectivity index (χ1) is 14.3. The predicted molar refractivity (Wildman–Crippen MR) is 119 cm³/mol. The van der Waals surface area contributed by atoms with Crippen molar-refractivity contribution in [1.82, 2.24) is 4.98 Å². The maximum absolute atomic E-state index is 12.3. The molecule has 0 saturated heterocycles. The van der Waals surface area contributed by atoms with Gasteiger partial charge in [-0.1, -0.05) is 43.2 Å². The highest BCUT2D eigenvalue weighted by atomic mass is 32.2. The summed E-state index contributed by atoms with van der Waals surface area (Å²) >= 11 is 2.81. The fourth-order valence-electron chi connectivity index (χ4n) is 3.79. The Morgan fingerprint density at radius 1 is 1.40 bits per heavy atom. The van der Waals surface area contributed by atoms with Gasteiger partial charge in [-0.15, -0.1) is 11.3 Å². The molecule has 1 aliphatic rings. The second-order valence-electron chi connectivity index (χ2n) is 8.20. The number of aromatic nitrogens is 1. The SMILES string of the molecule is CC(O)(C/C=C/[C@@H]1CCC(=O)[C@@H]1CCSc1nc(C(=O)O)cs1)CCCCCCF. The van der Waals surface area contributed by atoms with Crippen LogP contribution in [0.5, 0.6) is 0 Å². The van der Waals surface area contributed by atoms with E-state index >= 15 is 0 Å². The first kappa shape index (κ1) is 25.0. The normalized spacial score (nSPS) is 21.4. The molecule has 8 heteroatoms. The van der Waals surface area contributed by atoms with Gasteiger partial charge in [0.05, 0.1) is 12.3 Å². The average Bonchev–Trinajstić information content (AvgIpc) is 3.30. The molecule has 1 fully saturated rings. The van der Waals surface area contributed by atoms with Crippen LogP contribution in [-0.4, -0.2) is 45.0 Å². The molecular formula is C22H32FNO4S2. The minimum absolute atomic E-state index is 0.0155. The lowest BCUT2D eigenvalue weighted by Crippen LogP contribution is -2.23. The van der Waals surface area contributed by atoms with Crippen molar-refractivity contribution in [3.8, 4) is 0 Å². The van der Waals surface area contributed by atoms with Crippen molar-refractivity contribution in [2.24, 2.45) is 11.8 Å². The summed E-state index contributed by atoms with van der Waals surface area (Å²) in [6, 6.07) is 0. The molecule has 0 spiro atoms. The van der Waals surface area contributed by atoms with E-state index < -0.39 is 11.6 Å². The van der Waals surface area contributed by atoms with E-state index in [4.69, 9.17) is 5.11 Å². The van der Waals surface area contributed by atoms with Gasteiger partial charge in [-0.3, -0.25) is 9.18 Å². The molecule has 2 rings (SSSR count). The third-order valence-electron chi connectivity index (χ3n) is 5.55. The number of alkyl halides is 1. The topological polar surface area (TPSA) is 87.5 Å². The van der Waals surface area contributed by atoms with Gasteiger partial charge in [0.1, 0.15) is 5.78 Å². The van der Waals surface area contributed by atoms with E-state index in [1.807, 2.05) is 13.0 Å². The number of carboxylic acids is 1. The fourth-order valence-corrected chi connectivity index (χ4v) is 5.68. The summed E-state index contributed by atoms with van der Waals surface area (Å²) in [6.07, 6.45) is 10.8. The van der Waals surface area contributed by atoms with Crippen LogP contribution in [0.4, 0.5) is 4.39 Å². The molecule has 2 N–H and O–H groups in total. The molecule has 5 nitrogen and oxygen atoms in total. The van der Waals surface area contributed by atoms with Gasteiger partial charge in [0.25, 0.3) is 0 Å². The number of ketones is 1. The van der Waals surface area contributed by atoms with E-state index in [9.17, 15) is 19.1 Å². The number of carbonyl (C=O) groups excluding carboxylic acids is 1. The number of hydrogen-bond donors (Lipinski definition) is 2. The fraction of sp³-hybridized carbons (Fsp3) is 0.682. The molecule has 1 saturated carbocycles. The van der Waals surface area contributed by atoms with E-state index in [-0.39, 0.29) is 30.0 Å². The van der Waals surface area contributed by atoms with Crippen LogP contribution in [0.3, 0.4) is 0 Å². The molecule has 1 aliphatic carbocycles. The zero-order valence-electron chi connectivity index (χ0n) is 17.5. The van der Waals surface area contributed by atoms with Crippen molar-refractivity contribution in [1.29, 1.82) is 0 Å². The van der Waals surface area contributed by atoms with Gasteiger partial charge in [-0.05, 0) is 44.9 Å². The van der Waals surface area contributed by atoms with Gasteiger partial charge in [-0.25, -0.2) is 9.78 Å². The molecule has 1 heterocycles. The highest BCUT2D eigenvalue weighted by molar-refractivity contribution is 8.01. The van der Waals surface area contributed by atoms with Crippen molar-refractivity contribution in [2.45, 2.75) is 74.7 Å². The maximum Gasteiger partial charge on any atom is 0.355 e. The first-order valence-corrected chi connectivity index (χ1v) is 12.5. The van der Waals surface area contributed by atoms with Crippen LogP contribution in [0, 0.1) is 11.8 Å². The number of carbonyl (C=O) groups is 2. The summed E-state index contributed by atoms with van der Waals surface area (Å²) in [7, 11) is 0. The summed E-state index contributed by atoms with van der Waals surface area (Å²) in [5.74, 6) is 0.173. The summed E-state index contributed by atoms with van der Waals surface area (Å²) < 4.78 is 12.8. The Bertz CT molecular complexity index is 720. The number of thioether (sulfide) groups is 1. The largest absolute Gasteiger partial charge is 0.476 e. The lowest BCUT2D eigenvalue weighted by molar-refractivity contribution is -0.121. The Hall–Kier alpha value is -1.25. The van der Waals surface area contributed by atoms with Crippen molar-refractivity contribution < 1.29 is 24.2 Å². The number of hydrogen-bond acceptors (Lipinski definition) is 6. The number of Topliss-reactive ketones (excluding diaryl/α,β-unsaturated/α-hetero) is 1. The van der Waals surface area contributed by atoms with E-state index in [0.29, 0.717) is 30.0 Å². The second-order valence-corrected chi connectivity index (χ2v) is 10.4. The molecule has 168 valence electrons. The van der Waals surface area contributed by atoms with Crippen molar-refractivity contribution in [3.63, 3.8) is 0 Å². The Morgan fingerprint density at radius 2 is 2.17 bits per heavy atom. The third-order valence-corrected chi connectivity index (χ3v) is 7.61. The van der Waals surface area contributed by atoms with Crippen LogP contribution < -0.4 is 0 Å². The average molecular weight is 458 g/mol. The van der Waals surface area contributed by atoms with Crippen LogP contribution in [-0.2, 0) is 4.79 Å². The Kier molecular flexibility index (Phi) is 10.5. The molecule has 1 unspecified atom stereocenters. The quantitative estimate of drug-likeness (QED) is 0.217. The van der Waals surface area contributed by atoms with Crippen LogP contribution in [0.25, 0.3) is 0 Å². The number of thiazole rings is 1. The predicted octanol–water partition coefficient (Wildman–Crippen LogP) is 5.54. The number of nitrogens with zero attached hydrogens (tertiary/aromatic N) is 1. The summed E-state index contributed by atoms with van der Waals surface area (Å²) in [4.78, 5) is 27.3. The standard InChI is InChI=1S/C22H32FNO4S2/c1-22(28,11-4-2-3-5-13-23)12-6-7-16-8-9-19(25)17(16)10-14-29-21-24-18(15-30-21)20(26)27/h6-7,15-17,28H,2-5,8-14H2,1H3,(H,26,27)/b7-6+/t16-,17-,22?/m1/s1. The molecule has 1 aromatic heterocycles. The third kappa shape index (κ3) is 8.47. The van der Waals surface area contributed by atoms with Gasteiger partial charge in [-0.2, -0.15) is 0 Å². The Morgan fingerprint density at radius 3 is 2.87 bits per heavy atom. The van der Waals surface area contributed by atoms with Crippen molar-refractivity contribution in [3.05, 3.63) is 23.2 Å². The second kappa shape index (κ2) is 12.6. The highest BCUT2D eigenvalue weighted by Gasteiger charge is 2.32. The van der Waals surface area contributed by atoms with E-state index in [1.54, 1.807) is 0 Å². The number of aliphatic hydroxyl groups is 1. The van der Waals surface area contributed by atoms with Crippen molar-refractivity contribution >= 4 is 34.9 Å². The summed E-state index contributed by atoms with van der Waals surface area (Å²) in [5, 5.41) is 21.0. The molecule has 3 atom stereocenters. The van der Waals surface area contributed by atoms with E-state index in [2.05, 4.69) is 11.1 Å². The summed E-state index contributed by atoms with van der Waals surface area (Å²) in [5.41, 5.74) is -0.706. The zero-order valence-corrected chi connectivity index (χ0v) is 19.2. The number of halogens is 1. The monoisotopic (exact) mass is 457 g/mol. The molecule has 0 aromatic carbocycles. The minimum atomic E-state index is -1.02. The zero-order chi connectivity index (χ0) is 22.0. The Labute approximate surface area is 186 Å². The van der Waals surface area contributed by atoms with E-state index in [1.165, 1.54) is 28.5 Å². The Balaban J connectivity index is 1.75. The van der Waals surface area contributed by atoms with Crippen LogP contribution >= 0.6 is 23.1 Å². The van der Waals surface area contributed by atoms with Crippen LogP contribution in [0.1, 0.15) is 75.2 Å². The lowest BCUT2D eigenvalue weighted by Gasteiger charge is -2.22. The molecule has 0 radical (unpaired) electrons. The molecule has 1 aromatic rings. The number of carboxylic acid groups (broad SMARTS) is 1. The van der Waals surface area contributed by atoms with Gasteiger partial charge in [0.2, 0.25) is 0 Å². The van der Waals surface area contributed by atoms with Crippen molar-refractivity contribution in [2.75, 3.05) is 12.4 Å². The molecule has 0 aliphatic heterocycles. The first-order valence-electron chi connectivity index (χ1n) is 10.6. The van der Waals surface area contributed by atoms with Gasteiger partial charge >= 0.3 is 5.97 Å². The van der Waals surface area contributed by atoms with E-state index in [0.717, 1.165) is 37.9 Å². The molecule has 30 heavy (non-hydrogen) atoms. The van der Waals surface area contributed by atoms with Crippen LogP contribution in [0.2, 0.25) is 0 Å². The maximum atomic E-state index is 12.3. The summed E-state index contributed by atoms with van der Waals surface area (Å²) in [6.45, 7) is 1.56. The van der Waals surface area contributed by atoms with Gasteiger partial charge < -0.3 is 10.2 Å². The number of aromatic carboxylic acids is 1. The number of rotatable bonds is 14. The highest BCUT2D eigenvalue weighted by Crippen LogP contribution is 2.35. The minimum Gasteiger partial charge on any atom is -0.476 e. The van der Waals surface area contributed by atoms with Gasteiger partial charge in [0.15, 0.2) is 10.0 Å². The van der Waals surface area contributed by atoms with Gasteiger partial charge in [0, 0.05) is 23.5 Å². The number of unbranched alkanes of at least 4 members (excludes halogenated alkanes) is 3. The molecular weight excluding hydrogens is 425 g/mol. The smallest absolute Gasteiger partial charge is 0.355 e. The molecule has 0 bridgehead atoms. The molecule has 0 amide bonds. The van der Waals surface area contributed by atoms with Crippen LogP contribution in [0.15, 0.2) is 21.9 Å². The lowest BCUT2D eigenvalue weighted by atomic mass is 9.90.